The van der Waals surface area contributed by atoms with Gasteiger partial charge >= 0.3 is 5.97 Å². The number of hydrogen-bond donors (Lipinski definition) is 1. The van der Waals surface area contributed by atoms with Crippen molar-refractivity contribution in [3.05, 3.63) is 53.3 Å². The van der Waals surface area contributed by atoms with Crippen LogP contribution in [0, 0.1) is 29.3 Å². The minimum atomic E-state index is -1.59. The number of carboxylic acids is 1. The summed E-state index contributed by atoms with van der Waals surface area (Å²) in [4.78, 5) is 11.4. The molecule has 0 unspecified atom stereocenters. The summed E-state index contributed by atoms with van der Waals surface area (Å²) < 4.78 is 47.5. The van der Waals surface area contributed by atoms with Crippen LogP contribution in [0.5, 0.6) is 5.75 Å². The fourth-order valence-electron chi connectivity index (χ4n) is 4.31. The van der Waals surface area contributed by atoms with E-state index in [4.69, 9.17) is 4.74 Å². The smallest absolute Gasteiger partial charge is 0.335 e. The van der Waals surface area contributed by atoms with Crippen molar-refractivity contribution in [2.24, 2.45) is 11.8 Å². The highest BCUT2D eigenvalue weighted by Crippen LogP contribution is 2.36. The standard InChI is InChI=1S/C25H29F3O3/c1-2-3-4-5-16-6-8-17(9-7-16)15-31-22-13-10-18(25(29)30)14-20(22)19-11-12-21(26)24(28)23(19)27/h10-14,16-17H,2-9,15H2,1H3,(H,29,30). The maximum Gasteiger partial charge on any atom is 0.335 e. The lowest BCUT2D eigenvalue weighted by Gasteiger charge is -2.28. The van der Waals surface area contributed by atoms with Gasteiger partial charge in [0.25, 0.3) is 0 Å². The van der Waals surface area contributed by atoms with E-state index in [9.17, 15) is 23.1 Å². The Balaban J connectivity index is 1.72. The molecule has 0 aromatic heterocycles. The molecule has 1 fully saturated rings. The second kappa shape index (κ2) is 10.7. The van der Waals surface area contributed by atoms with Gasteiger partial charge in [0.1, 0.15) is 5.75 Å². The number of benzene rings is 2. The Morgan fingerprint density at radius 3 is 2.35 bits per heavy atom. The van der Waals surface area contributed by atoms with E-state index in [1.807, 2.05) is 0 Å². The summed E-state index contributed by atoms with van der Waals surface area (Å²) in [5, 5.41) is 9.28. The van der Waals surface area contributed by atoms with Crippen molar-refractivity contribution < 1.29 is 27.8 Å². The number of unbranched alkanes of at least 4 members (excludes halogenated alkanes) is 2. The normalized spacial score (nSPS) is 18.7. The van der Waals surface area contributed by atoms with E-state index in [0.29, 0.717) is 12.5 Å². The molecule has 2 aromatic rings. The van der Waals surface area contributed by atoms with Gasteiger partial charge in [-0.05, 0) is 55.0 Å². The molecular formula is C25H29F3O3. The fraction of sp³-hybridized carbons (Fsp3) is 0.480. The van der Waals surface area contributed by atoms with Crippen molar-refractivity contribution in [1.82, 2.24) is 0 Å². The summed E-state index contributed by atoms with van der Waals surface area (Å²) in [6.07, 6.45) is 9.50. The van der Waals surface area contributed by atoms with Gasteiger partial charge in [-0.25, -0.2) is 18.0 Å². The van der Waals surface area contributed by atoms with Crippen LogP contribution in [-0.2, 0) is 0 Å². The summed E-state index contributed by atoms with van der Waals surface area (Å²) in [7, 11) is 0. The maximum atomic E-state index is 14.4. The summed E-state index contributed by atoms with van der Waals surface area (Å²) in [6.45, 7) is 2.63. The number of carbonyl (C=O) groups is 1. The lowest BCUT2D eigenvalue weighted by molar-refractivity contribution is 0.0697. The Kier molecular flexibility index (Phi) is 7.99. The molecule has 0 bridgehead atoms. The number of hydrogen-bond acceptors (Lipinski definition) is 2. The van der Waals surface area contributed by atoms with Gasteiger partial charge in [-0.15, -0.1) is 0 Å². The third kappa shape index (κ3) is 5.81. The Labute approximate surface area is 181 Å². The molecule has 31 heavy (non-hydrogen) atoms. The molecule has 0 spiro atoms. The molecule has 3 nitrogen and oxygen atoms in total. The van der Waals surface area contributed by atoms with Crippen molar-refractivity contribution in [2.75, 3.05) is 6.61 Å². The molecule has 1 N–H and O–H groups in total. The molecule has 6 heteroatoms. The van der Waals surface area contributed by atoms with E-state index >= 15 is 0 Å². The fourth-order valence-corrected chi connectivity index (χ4v) is 4.31. The van der Waals surface area contributed by atoms with Gasteiger partial charge in [-0.2, -0.15) is 0 Å². The van der Waals surface area contributed by atoms with Crippen LogP contribution in [-0.4, -0.2) is 17.7 Å². The van der Waals surface area contributed by atoms with E-state index < -0.39 is 23.4 Å². The number of carboxylic acid groups (broad SMARTS) is 1. The van der Waals surface area contributed by atoms with Crippen molar-refractivity contribution in [1.29, 1.82) is 0 Å². The molecule has 0 heterocycles. The number of aromatic carboxylic acids is 1. The monoisotopic (exact) mass is 434 g/mol. The zero-order chi connectivity index (χ0) is 22.4. The lowest BCUT2D eigenvalue weighted by Crippen LogP contribution is -2.20. The number of ether oxygens (including phenoxy) is 1. The van der Waals surface area contributed by atoms with Crippen LogP contribution in [0.15, 0.2) is 30.3 Å². The zero-order valence-corrected chi connectivity index (χ0v) is 17.8. The average molecular weight is 434 g/mol. The molecule has 1 saturated carbocycles. The van der Waals surface area contributed by atoms with Crippen LogP contribution in [0.1, 0.15) is 68.6 Å². The van der Waals surface area contributed by atoms with E-state index in [0.717, 1.165) is 30.9 Å². The highest BCUT2D eigenvalue weighted by atomic mass is 19.2. The van der Waals surface area contributed by atoms with Crippen molar-refractivity contribution >= 4 is 5.97 Å². The maximum absolute atomic E-state index is 14.4. The van der Waals surface area contributed by atoms with Gasteiger partial charge in [0.15, 0.2) is 17.5 Å². The van der Waals surface area contributed by atoms with E-state index in [1.165, 1.54) is 56.7 Å². The molecule has 0 aliphatic heterocycles. The Bertz CT molecular complexity index is 905. The third-order valence-electron chi connectivity index (χ3n) is 6.21. The first-order valence-electron chi connectivity index (χ1n) is 11.0. The Morgan fingerprint density at radius 2 is 1.68 bits per heavy atom. The first-order chi connectivity index (χ1) is 14.9. The number of halogens is 3. The molecule has 0 amide bonds. The van der Waals surface area contributed by atoms with Gasteiger partial charge < -0.3 is 9.84 Å². The van der Waals surface area contributed by atoms with Crippen LogP contribution in [0.25, 0.3) is 11.1 Å². The summed E-state index contributed by atoms with van der Waals surface area (Å²) >= 11 is 0. The Hall–Kier alpha value is -2.50. The summed E-state index contributed by atoms with van der Waals surface area (Å²) in [5.74, 6) is -4.05. The van der Waals surface area contributed by atoms with Gasteiger partial charge in [0.05, 0.1) is 12.2 Å². The first kappa shape index (κ1) is 23.2. The molecule has 1 aliphatic carbocycles. The van der Waals surface area contributed by atoms with Gasteiger partial charge in [0.2, 0.25) is 0 Å². The largest absolute Gasteiger partial charge is 0.493 e. The van der Waals surface area contributed by atoms with Crippen molar-refractivity contribution in [3.8, 4) is 16.9 Å². The van der Waals surface area contributed by atoms with Crippen LogP contribution < -0.4 is 4.74 Å². The molecular weight excluding hydrogens is 405 g/mol. The second-order valence-corrected chi connectivity index (χ2v) is 8.43. The molecule has 0 radical (unpaired) electrons. The zero-order valence-electron chi connectivity index (χ0n) is 17.8. The van der Waals surface area contributed by atoms with Crippen molar-refractivity contribution in [3.63, 3.8) is 0 Å². The van der Waals surface area contributed by atoms with Crippen LogP contribution in [0.2, 0.25) is 0 Å². The van der Waals surface area contributed by atoms with Gasteiger partial charge in [-0.1, -0.05) is 45.4 Å². The SMILES string of the molecule is CCCCCC1CCC(COc2ccc(C(=O)O)cc2-c2ccc(F)c(F)c2F)CC1. The number of rotatable bonds is 9. The first-order valence-corrected chi connectivity index (χ1v) is 11.0. The van der Waals surface area contributed by atoms with Crippen LogP contribution in [0.4, 0.5) is 13.2 Å². The lowest BCUT2D eigenvalue weighted by atomic mass is 9.80. The van der Waals surface area contributed by atoms with Crippen LogP contribution >= 0.6 is 0 Å². The van der Waals surface area contributed by atoms with E-state index in [2.05, 4.69) is 6.92 Å². The minimum absolute atomic E-state index is 0.0842. The molecule has 0 atom stereocenters. The van der Waals surface area contributed by atoms with Gasteiger partial charge in [-0.3, -0.25) is 0 Å². The average Bonchev–Trinajstić information content (AvgIpc) is 2.77. The second-order valence-electron chi connectivity index (χ2n) is 8.43. The quantitative estimate of drug-likeness (QED) is 0.334. The molecule has 3 rings (SSSR count). The third-order valence-corrected chi connectivity index (χ3v) is 6.21. The molecule has 2 aromatic carbocycles. The molecule has 0 saturated heterocycles. The molecule has 168 valence electrons. The minimum Gasteiger partial charge on any atom is -0.493 e. The summed E-state index contributed by atoms with van der Waals surface area (Å²) in [6, 6.07) is 5.98. The highest BCUT2D eigenvalue weighted by molar-refractivity contribution is 5.90. The van der Waals surface area contributed by atoms with Crippen LogP contribution in [0.3, 0.4) is 0 Å². The summed E-state index contributed by atoms with van der Waals surface area (Å²) in [5.41, 5.74) is -0.208. The molecule has 1 aliphatic rings. The predicted molar refractivity (Wildman–Crippen MR) is 114 cm³/mol. The Morgan fingerprint density at radius 1 is 0.968 bits per heavy atom. The van der Waals surface area contributed by atoms with E-state index in [1.54, 1.807) is 0 Å². The van der Waals surface area contributed by atoms with Gasteiger partial charge in [0, 0.05) is 11.1 Å². The van der Waals surface area contributed by atoms with E-state index in [-0.39, 0.29) is 22.4 Å². The highest BCUT2D eigenvalue weighted by Gasteiger charge is 2.23. The topological polar surface area (TPSA) is 46.5 Å². The predicted octanol–water partition coefficient (Wildman–Crippen LogP) is 7.23. The van der Waals surface area contributed by atoms with Crippen molar-refractivity contribution in [2.45, 2.75) is 58.3 Å².